The number of hydrogen-bond donors (Lipinski definition) is 1. The molecule has 4 rings (SSSR count). The molecule has 2 atom stereocenters. The number of nitrogens with zero attached hydrogens (tertiary/aromatic N) is 3. The first-order valence-electron chi connectivity index (χ1n) is 10.4. The SMILES string of the molecule is C=CCNC(=O)[C@@H]1Cc2ccccc2N2CCN(CC(=O)N3CCCC3)C[C@H]12. The maximum atomic E-state index is 12.9. The van der Waals surface area contributed by atoms with Crippen LogP contribution in [-0.4, -0.2) is 73.5 Å². The molecule has 1 aromatic carbocycles. The zero-order valence-electron chi connectivity index (χ0n) is 16.5. The predicted molar refractivity (Wildman–Crippen MR) is 110 cm³/mol. The number of carbonyl (C=O) groups excluding carboxylic acids is 2. The zero-order valence-corrected chi connectivity index (χ0v) is 16.5. The van der Waals surface area contributed by atoms with Gasteiger partial charge in [0.1, 0.15) is 0 Å². The van der Waals surface area contributed by atoms with Gasteiger partial charge in [-0.15, -0.1) is 6.58 Å². The topological polar surface area (TPSA) is 55.9 Å². The Morgan fingerprint density at radius 1 is 1.14 bits per heavy atom. The van der Waals surface area contributed by atoms with Gasteiger partial charge in [0.2, 0.25) is 11.8 Å². The summed E-state index contributed by atoms with van der Waals surface area (Å²) in [6, 6.07) is 8.49. The van der Waals surface area contributed by atoms with Crippen molar-refractivity contribution in [3.63, 3.8) is 0 Å². The van der Waals surface area contributed by atoms with Crippen LogP contribution in [0, 0.1) is 5.92 Å². The summed E-state index contributed by atoms with van der Waals surface area (Å²) in [5.41, 5.74) is 2.48. The molecule has 28 heavy (non-hydrogen) atoms. The largest absolute Gasteiger partial charge is 0.365 e. The van der Waals surface area contributed by atoms with E-state index in [-0.39, 0.29) is 23.8 Å². The molecule has 0 bridgehead atoms. The van der Waals surface area contributed by atoms with Gasteiger partial charge in [0.15, 0.2) is 0 Å². The molecule has 0 aliphatic carbocycles. The van der Waals surface area contributed by atoms with Gasteiger partial charge in [-0.05, 0) is 30.9 Å². The van der Waals surface area contributed by atoms with Crippen LogP contribution < -0.4 is 10.2 Å². The number of carbonyl (C=O) groups is 2. The molecule has 0 unspecified atom stereocenters. The van der Waals surface area contributed by atoms with E-state index in [1.807, 2.05) is 11.0 Å². The van der Waals surface area contributed by atoms with E-state index in [1.54, 1.807) is 6.08 Å². The van der Waals surface area contributed by atoms with Gasteiger partial charge in [0.25, 0.3) is 0 Å². The first kappa shape index (κ1) is 19.0. The smallest absolute Gasteiger partial charge is 0.236 e. The molecule has 6 heteroatoms. The van der Waals surface area contributed by atoms with E-state index in [2.05, 4.69) is 39.9 Å². The molecule has 2 fully saturated rings. The van der Waals surface area contributed by atoms with E-state index < -0.39 is 0 Å². The number of fused-ring (bicyclic) bond motifs is 3. The number of hydrogen-bond acceptors (Lipinski definition) is 4. The van der Waals surface area contributed by atoms with Crippen LogP contribution in [-0.2, 0) is 16.0 Å². The van der Waals surface area contributed by atoms with Crippen LogP contribution in [0.4, 0.5) is 5.69 Å². The van der Waals surface area contributed by atoms with Gasteiger partial charge in [-0.2, -0.15) is 0 Å². The van der Waals surface area contributed by atoms with Gasteiger partial charge in [0.05, 0.1) is 18.5 Å². The average Bonchev–Trinajstić information content (AvgIpc) is 3.26. The summed E-state index contributed by atoms with van der Waals surface area (Å²) in [4.78, 5) is 32.1. The number of para-hydroxylation sites is 1. The lowest BCUT2D eigenvalue weighted by Crippen LogP contribution is -2.62. The molecule has 150 valence electrons. The van der Waals surface area contributed by atoms with Crippen molar-refractivity contribution < 1.29 is 9.59 Å². The lowest BCUT2D eigenvalue weighted by atomic mass is 9.83. The van der Waals surface area contributed by atoms with Crippen LogP contribution in [0.25, 0.3) is 0 Å². The number of benzene rings is 1. The average molecular weight is 383 g/mol. The standard InChI is InChI=1S/C22H30N4O2/c1-2-9-23-22(28)18-14-17-7-3-4-8-19(17)26-13-12-24(15-20(18)26)16-21(27)25-10-5-6-11-25/h2-4,7-8,18,20H,1,5-6,9-16H2,(H,23,28)/t18-,20-/m1/s1. The van der Waals surface area contributed by atoms with Gasteiger partial charge < -0.3 is 15.1 Å². The molecule has 0 spiro atoms. The third-order valence-corrected chi connectivity index (χ3v) is 6.28. The van der Waals surface area contributed by atoms with Crippen LogP contribution in [0.5, 0.6) is 0 Å². The molecule has 6 nitrogen and oxygen atoms in total. The molecule has 1 N–H and O–H groups in total. The summed E-state index contributed by atoms with van der Waals surface area (Å²) in [5.74, 6) is 0.200. The van der Waals surface area contributed by atoms with Gasteiger partial charge in [-0.1, -0.05) is 24.3 Å². The third-order valence-electron chi connectivity index (χ3n) is 6.28. The summed E-state index contributed by atoms with van der Waals surface area (Å²) in [5, 5.41) is 2.99. The van der Waals surface area contributed by atoms with Crippen molar-refractivity contribution in [3.8, 4) is 0 Å². The second-order valence-electron chi connectivity index (χ2n) is 8.06. The molecule has 3 aliphatic heterocycles. The zero-order chi connectivity index (χ0) is 19.5. The minimum absolute atomic E-state index is 0.0807. The number of piperazine rings is 1. The summed E-state index contributed by atoms with van der Waals surface area (Å²) in [7, 11) is 0. The highest BCUT2D eigenvalue weighted by Gasteiger charge is 2.41. The molecular formula is C22H30N4O2. The van der Waals surface area contributed by atoms with Gasteiger partial charge in [-0.3, -0.25) is 14.5 Å². The second kappa shape index (κ2) is 8.35. The maximum absolute atomic E-state index is 12.9. The summed E-state index contributed by atoms with van der Waals surface area (Å²) >= 11 is 0. The van der Waals surface area contributed by atoms with Crippen molar-refractivity contribution in [3.05, 3.63) is 42.5 Å². The van der Waals surface area contributed by atoms with Crippen molar-refractivity contribution in [2.75, 3.05) is 50.7 Å². The molecule has 2 saturated heterocycles. The Morgan fingerprint density at radius 3 is 2.71 bits per heavy atom. The molecule has 1 aromatic rings. The first-order valence-corrected chi connectivity index (χ1v) is 10.4. The second-order valence-corrected chi connectivity index (χ2v) is 8.06. The Labute approximate surface area is 167 Å². The van der Waals surface area contributed by atoms with Crippen LogP contribution in [0.15, 0.2) is 36.9 Å². The van der Waals surface area contributed by atoms with E-state index in [0.29, 0.717) is 13.1 Å². The van der Waals surface area contributed by atoms with Crippen LogP contribution in [0.3, 0.4) is 0 Å². The molecule has 3 heterocycles. The lowest BCUT2D eigenvalue weighted by molar-refractivity contribution is -0.131. The summed E-state index contributed by atoms with van der Waals surface area (Å²) < 4.78 is 0. The number of nitrogens with one attached hydrogen (secondary N) is 1. The highest BCUT2D eigenvalue weighted by atomic mass is 16.2. The Hall–Kier alpha value is -2.34. The van der Waals surface area contributed by atoms with Crippen molar-refractivity contribution in [1.29, 1.82) is 0 Å². The Bertz CT molecular complexity index is 744. The number of likely N-dealkylation sites (tertiary alicyclic amines) is 1. The fraction of sp³-hybridized carbons (Fsp3) is 0.545. The lowest BCUT2D eigenvalue weighted by Gasteiger charge is -2.49. The van der Waals surface area contributed by atoms with Gasteiger partial charge in [-0.25, -0.2) is 0 Å². The molecule has 0 radical (unpaired) electrons. The Balaban J connectivity index is 1.51. The van der Waals surface area contributed by atoms with Gasteiger partial charge >= 0.3 is 0 Å². The molecule has 0 aromatic heterocycles. The molecule has 3 aliphatic rings. The van der Waals surface area contributed by atoms with E-state index in [0.717, 1.165) is 52.0 Å². The van der Waals surface area contributed by atoms with Crippen LogP contribution in [0.2, 0.25) is 0 Å². The summed E-state index contributed by atoms with van der Waals surface area (Å²) in [6.07, 6.45) is 4.69. The highest BCUT2D eigenvalue weighted by molar-refractivity contribution is 5.82. The fourth-order valence-electron chi connectivity index (χ4n) is 4.82. The van der Waals surface area contributed by atoms with E-state index in [1.165, 1.54) is 11.3 Å². The molecule has 2 amide bonds. The normalized spacial score (nSPS) is 24.4. The van der Waals surface area contributed by atoms with E-state index >= 15 is 0 Å². The van der Waals surface area contributed by atoms with E-state index in [9.17, 15) is 9.59 Å². The minimum Gasteiger partial charge on any atom is -0.365 e. The first-order chi connectivity index (χ1) is 13.7. The Morgan fingerprint density at radius 2 is 1.93 bits per heavy atom. The highest BCUT2D eigenvalue weighted by Crippen LogP contribution is 2.35. The quantitative estimate of drug-likeness (QED) is 0.780. The molecule has 0 saturated carbocycles. The monoisotopic (exact) mass is 382 g/mol. The maximum Gasteiger partial charge on any atom is 0.236 e. The third kappa shape index (κ3) is 3.78. The molecular weight excluding hydrogens is 352 g/mol. The van der Waals surface area contributed by atoms with E-state index in [4.69, 9.17) is 0 Å². The van der Waals surface area contributed by atoms with Crippen LogP contribution in [0.1, 0.15) is 18.4 Å². The van der Waals surface area contributed by atoms with Crippen molar-refractivity contribution in [1.82, 2.24) is 15.1 Å². The van der Waals surface area contributed by atoms with Crippen molar-refractivity contribution in [2.24, 2.45) is 5.92 Å². The minimum atomic E-state index is -0.112. The number of rotatable bonds is 5. The predicted octanol–water partition coefficient (Wildman–Crippen LogP) is 1.27. The summed E-state index contributed by atoms with van der Waals surface area (Å²) in [6.45, 7) is 8.89. The van der Waals surface area contributed by atoms with Crippen molar-refractivity contribution >= 4 is 17.5 Å². The van der Waals surface area contributed by atoms with Crippen LogP contribution >= 0.6 is 0 Å². The van der Waals surface area contributed by atoms with Crippen molar-refractivity contribution in [2.45, 2.75) is 25.3 Å². The number of anilines is 1. The van der Waals surface area contributed by atoms with Gasteiger partial charge in [0, 0.05) is 45.0 Å². The fourth-order valence-corrected chi connectivity index (χ4v) is 4.82. The Kier molecular flexibility index (Phi) is 5.67. The number of amides is 2.